The molecule has 0 amide bonds. The minimum absolute atomic E-state index is 0. The predicted octanol–water partition coefficient (Wildman–Crippen LogP) is 4.32. The lowest BCUT2D eigenvalue weighted by molar-refractivity contribution is 0.406. The van der Waals surface area contributed by atoms with Gasteiger partial charge in [-0.25, -0.2) is 4.99 Å². The summed E-state index contributed by atoms with van der Waals surface area (Å²) in [7, 11) is 2.00. The topological polar surface area (TPSA) is 67.1 Å². The SMILES string of the molecule is Cc1nnc(CN=C(NC(C)CCCC(C)C)NC2CCCCC2)n1C.I. The smallest absolute Gasteiger partial charge is 0.192 e. The van der Waals surface area contributed by atoms with Crippen molar-refractivity contribution in [1.82, 2.24) is 25.4 Å². The van der Waals surface area contributed by atoms with Crippen LogP contribution in [0.15, 0.2) is 4.99 Å². The molecule has 0 spiro atoms. The first-order valence-electron chi connectivity index (χ1n) is 10.4. The Morgan fingerprint density at radius 3 is 2.44 bits per heavy atom. The molecule has 1 unspecified atom stereocenters. The predicted molar refractivity (Wildman–Crippen MR) is 124 cm³/mol. The molecule has 1 aromatic rings. The number of rotatable bonds is 8. The van der Waals surface area contributed by atoms with Gasteiger partial charge in [0, 0.05) is 19.1 Å². The highest BCUT2D eigenvalue weighted by atomic mass is 127. The summed E-state index contributed by atoms with van der Waals surface area (Å²) in [6.07, 6.45) is 10.2. The summed E-state index contributed by atoms with van der Waals surface area (Å²) in [6.45, 7) is 9.36. The highest BCUT2D eigenvalue weighted by molar-refractivity contribution is 14.0. The lowest BCUT2D eigenvalue weighted by atomic mass is 9.96. The highest BCUT2D eigenvalue weighted by Gasteiger charge is 2.16. The van der Waals surface area contributed by atoms with E-state index in [2.05, 4.69) is 41.6 Å². The lowest BCUT2D eigenvalue weighted by Crippen LogP contribution is -2.47. The van der Waals surface area contributed by atoms with Crippen LogP contribution in [0.25, 0.3) is 0 Å². The van der Waals surface area contributed by atoms with E-state index >= 15 is 0 Å². The quantitative estimate of drug-likeness (QED) is 0.324. The van der Waals surface area contributed by atoms with Crippen molar-refractivity contribution in [3.8, 4) is 0 Å². The minimum atomic E-state index is 0. The molecule has 2 N–H and O–H groups in total. The van der Waals surface area contributed by atoms with E-state index in [-0.39, 0.29) is 24.0 Å². The van der Waals surface area contributed by atoms with Gasteiger partial charge in [0.1, 0.15) is 12.4 Å². The molecule has 1 saturated carbocycles. The van der Waals surface area contributed by atoms with Gasteiger partial charge in [0.15, 0.2) is 11.8 Å². The number of nitrogens with zero attached hydrogens (tertiary/aromatic N) is 4. The third-order valence-electron chi connectivity index (χ3n) is 5.31. The second-order valence-electron chi connectivity index (χ2n) is 8.24. The van der Waals surface area contributed by atoms with E-state index in [1.54, 1.807) is 0 Å². The molecule has 0 saturated heterocycles. The van der Waals surface area contributed by atoms with E-state index in [4.69, 9.17) is 4.99 Å². The fourth-order valence-electron chi connectivity index (χ4n) is 3.45. The van der Waals surface area contributed by atoms with Crippen molar-refractivity contribution in [2.45, 2.75) is 97.7 Å². The second kappa shape index (κ2) is 12.6. The normalized spacial score (nSPS) is 16.9. The Morgan fingerprint density at radius 1 is 1.15 bits per heavy atom. The zero-order chi connectivity index (χ0) is 18.9. The van der Waals surface area contributed by atoms with Crippen molar-refractivity contribution in [1.29, 1.82) is 0 Å². The van der Waals surface area contributed by atoms with Crippen LogP contribution in [-0.2, 0) is 13.6 Å². The van der Waals surface area contributed by atoms with E-state index in [9.17, 15) is 0 Å². The fourth-order valence-corrected chi connectivity index (χ4v) is 3.45. The van der Waals surface area contributed by atoms with E-state index in [1.165, 1.54) is 51.4 Å². The summed E-state index contributed by atoms with van der Waals surface area (Å²) in [6, 6.07) is 0.962. The number of hydrogen-bond acceptors (Lipinski definition) is 3. The molecule has 6 nitrogen and oxygen atoms in total. The summed E-state index contributed by atoms with van der Waals surface area (Å²) in [5.41, 5.74) is 0. The molecule has 1 aromatic heterocycles. The zero-order valence-electron chi connectivity index (χ0n) is 17.8. The molecule has 0 aromatic carbocycles. The molecule has 0 aliphatic heterocycles. The van der Waals surface area contributed by atoms with Crippen LogP contribution in [0.1, 0.15) is 83.8 Å². The third-order valence-corrected chi connectivity index (χ3v) is 5.31. The summed E-state index contributed by atoms with van der Waals surface area (Å²) in [5.74, 6) is 3.52. The molecule has 2 rings (SSSR count). The molecule has 0 bridgehead atoms. The summed E-state index contributed by atoms with van der Waals surface area (Å²) >= 11 is 0. The Morgan fingerprint density at radius 2 is 1.85 bits per heavy atom. The van der Waals surface area contributed by atoms with Crippen molar-refractivity contribution < 1.29 is 0 Å². The average molecular weight is 490 g/mol. The Bertz CT molecular complexity index is 563. The molecule has 1 aliphatic rings. The van der Waals surface area contributed by atoms with Crippen molar-refractivity contribution in [3.05, 3.63) is 11.6 Å². The van der Waals surface area contributed by atoms with Crippen LogP contribution in [0.3, 0.4) is 0 Å². The first-order chi connectivity index (χ1) is 12.5. The number of aromatic nitrogens is 3. The molecule has 27 heavy (non-hydrogen) atoms. The third kappa shape index (κ3) is 8.79. The van der Waals surface area contributed by atoms with Crippen LogP contribution in [0.2, 0.25) is 0 Å². The monoisotopic (exact) mass is 490 g/mol. The molecule has 1 heterocycles. The summed E-state index contributed by atoms with van der Waals surface area (Å²) in [4.78, 5) is 4.82. The Hall–Kier alpha value is -0.860. The number of halogens is 1. The first-order valence-corrected chi connectivity index (χ1v) is 10.4. The van der Waals surface area contributed by atoms with Gasteiger partial charge in [-0.05, 0) is 39.0 Å². The maximum absolute atomic E-state index is 4.82. The first kappa shape index (κ1) is 24.2. The standard InChI is InChI=1S/C20H38N6.HI/c1-15(2)10-9-11-16(3)22-20(23-18-12-7-6-8-13-18)21-14-19-25-24-17(4)26(19)5;/h15-16,18H,6-14H2,1-5H3,(H2,21,22,23);1H. The van der Waals surface area contributed by atoms with Gasteiger partial charge >= 0.3 is 0 Å². The van der Waals surface area contributed by atoms with Crippen LogP contribution in [0.4, 0.5) is 0 Å². The molecular weight excluding hydrogens is 451 g/mol. The Kier molecular flexibility index (Phi) is 11.3. The summed E-state index contributed by atoms with van der Waals surface area (Å²) < 4.78 is 2.01. The molecule has 1 aliphatic carbocycles. The van der Waals surface area contributed by atoms with Gasteiger partial charge in [-0.3, -0.25) is 0 Å². The van der Waals surface area contributed by atoms with E-state index < -0.39 is 0 Å². The van der Waals surface area contributed by atoms with Gasteiger partial charge in [-0.15, -0.1) is 34.2 Å². The molecular formula is C20H39IN6. The van der Waals surface area contributed by atoms with Gasteiger partial charge in [0.25, 0.3) is 0 Å². The van der Waals surface area contributed by atoms with Crippen molar-refractivity contribution in [2.24, 2.45) is 18.0 Å². The van der Waals surface area contributed by atoms with Crippen LogP contribution in [-0.4, -0.2) is 32.8 Å². The molecule has 7 heteroatoms. The van der Waals surface area contributed by atoms with Crippen molar-refractivity contribution in [2.75, 3.05) is 0 Å². The van der Waals surface area contributed by atoms with Crippen LogP contribution >= 0.6 is 24.0 Å². The van der Waals surface area contributed by atoms with E-state index in [1.807, 2.05) is 18.5 Å². The van der Waals surface area contributed by atoms with Gasteiger partial charge in [0.2, 0.25) is 0 Å². The van der Waals surface area contributed by atoms with E-state index in [0.717, 1.165) is 23.5 Å². The largest absolute Gasteiger partial charge is 0.354 e. The van der Waals surface area contributed by atoms with Gasteiger partial charge < -0.3 is 15.2 Å². The maximum Gasteiger partial charge on any atom is 0.192 e. The van der Waals surface area contributed by atoms with E-state index in [0.29, 0.717) is 18.6 Å². The number of nitrogens with one attached hydrogen (secondary N) is 2. The van der Waals surface area contributed by atoms with Gasteiger partial charge in [-0.1, -0.05) is 46.0 Å². The average Bonchev–Trinajstić information content (AvgIpc) is 2.92. The van der Waals surface area contributed by atoms with Crippen LogP contribution in [0.5, 0.6) is 0 Å². The fraction of sp³-hybridized carbons (Fsp3) is 0.850. The van der Waals surface area contributed by atoms with Crippen LogP contribution < -0.4 is 10.6 Å². The Balaban J connectivity index is 0.00000364. The number of hydrogen-bond donors (Lipinski definition) is 2. The molecule has 156 valence electrons. The van der Waals surface area contributed by atoms with Crippen molar-refractivity contribution in [3.63, 3.8) is 0 Å². The number of guanidine groups is 1. The lowest BCUT2D eigenvalue weighted by Gasteiger charge is -2.26. The second-order valence-corrected chi connectivity index (χ2v) is 8.24. The molecule has 1 fully saturated rings. The van der Waals surface area contributed by atoms with Crippen molar-refractivity contribution >= 4 is 29.9 Å². The zero-order valence-corrected chi connectivity index (χ0v) is 20.1. The maximum atomic E-state index is 4.82. The molecule has 0 radical (unpaired) electrons. The van der Waals surface area contributed by atoms with Gasteiger partial charge in [-0.2, -0.15) is 0 Å². The summed E-state index contributed by atoms with van der Waals surface area (Å²) in [5, 5.41) is 15.6. The number of aliphatic imine (C=N–C) groups is 1. The van der Waals surface area contributed by atoms with Crippen LogP contribution in [0, 0.1) is 12.8 Å². The highest BCUT2D eigenvalue weighted by Crippen LogP contribution is 2.17. The minimum Gasteiger partial charge on any atom is -0.354 e. The number of aryl methyl sites for hydroxylation is 1. The Labute approximate surface area is 182 Å². The molecule has 1 atom stereocenters. The van der Waals surface area contributed by atoms with Gasteiger partial charge in [0.05, 0.1) is 0 Å².